The number of aryl methyl sites for hydroxylation is 3. The molecule has 1 atom stereocenters. The minimum absolute atomic E-state index is 0.315. The predicted molar refractivity (Wildman–Crippen MR) is 97.8 cm³/mol. The summed E-state index contributed by atoms with van der Waals surface area (Å²) in [6.45, 7) is 6.93. The molecule has 0 bridgehead atoms. The van der Waals surface area contributed by atoms with Gasteiger partial charge in [-0.2, -0.15) is 0 Å². The molecule has 1 N–H and O–H groups in total. The van der Waals surface area contributed by atoms with Gasteiger partial charge in [0.15, 0.2) is 0 Å². The van der Waals surface area contributed by atoms with E-state index in [1.54, 1.807) is 0 Å². The standard InChI is InChI=1S/C20H28N4O/c1-14-11-15(2)20-16(12-14)17(7-6-10-25-20)21-13-19-23-22-18-8-4-3-5-9-24(18)19/h11-12,17,21H,3-10,13H2,1-2H3/t17-/m0/s1. The van der Waals surface area contributed by atoms with Crippen LogP contribution in [0.25, 0.3) is 0 Å². The molecule has 0 aliphatic carbocycles. The first-order valence-electron chi connectivity index (χ1n) is 9.60. The Morgan fingerprint density at radius 1 is 1.16 bits per heavy atom. The van der Waals surface area contributed by atoms with E-state index in [9.17, 15) is 0 Å². The molecule has 5 nitrogen and oxygen atoms in total. The zero-order valence-corrected chi connectivity index (χ0v) is 15.3. The highest BCUT2D eigenvalue weighted by Gasteiger charge is 2.22. The Kier molecular flexibility index (Phi) is 4.75. The first-order valence-corrected chi connectivity index (χ1v) is 9.60. The summed E-state index contributed by atoms with van der Waals surface area (Å²) in [7, 11) is 0. The molecule has 2 aliphatic rings. The lowest BCUT2D eigenvalue weighted by Crippen LogP contribution is -2.23. The van der Waals surface area contributed by atoms with Gasteiger partial charge in [-0.25, -0.2) is 0 Å². The summed E-state index contributed by atoms with van der Waals surface area (Å²) in [5.74, 6) is 3.30. The minimum Gasteiger partial charge on any atom is -0.493 e. The van der Waals surface area contributed by atoms with E-state index >= 15 is 0 Å². The van der Waals surface area contributed by atoms with Crippen LogP contribution in [0.4, 0.5) is 0 Å². The van der Waals surface area contributed by atoms with E-state index < -0.39 is 0 Å². The van der Waals surface area contributed by atoms with E-state index in [0.717, 1.165) is 56.4 Å². The van der Waals surface area contributed by atoms with Crippen LogP contribution in [0.1, 0.15) is 66.5 Å². The van der Waals surface area contributed by atoms with E-state index in [0.29, 0.717) is 6.04 Å². The molecule has 134 valence electrons. The van der Waals surface area contributed by atoms with Crippen molar-refractivity contribution in [3.8, 4) is 5.75 Å². The molecule has 5 heteroatoms. The summed E-state index contributed by atoms with van der Waals surface area (Å²) in [6.07, 6.45) is 6.99. The van der Waals surface area contributed by atoms with Crippen LogP contribution < -0.4 is 10.1 Å². The fourth-order valence-corrected chi connectivity index (χ4v) is 4.16. The Bertz CT molecular complexity index is 752. The number of hydrogen-bond donors (Lipinski definition) is 1. The topological polar surface area (TPSA) is 52.0 Å². The molecule has 1 aromatic heterocycles. The molecule has 0 spiro atoms. The average molecular weight is 340 g/mol. The molecule has 0 unspecified atom stereocenters. The van der Waals surface area contributed by atoms with Gasteiger partial charge >= 0.3 is 0 Å². The number of nitrogens with one attached hydrogen (secondary N) is 1. The van der Waals surface area contributed by atoms with Crippen molar-refractivity contribution >= 4 is 0 Å². The van der Waals surface area contributed by atoms with Crippen LogP contribution in [0, 0.1) is 13.8 Å². The van der Waals surface area contributed by atoms with Crippen LogP contribution in [0.5, 0.6) is 5.75 Å². The van der Waals surface area contributed by atoms with Crippen LogP contribution >= 0.6 is 0 Å². The normalized spacial score (nSPS) is 20.2. The van der Waals surface area contributed by atoms with Gasteiger partial charge in [0.25, 0.3) is 0 Å². The largest absolute Gasteiger partial charge is 0.493 e. The molecular weight excluding hydrogens is 312 g/mol. The summed E-state index contributed by atoms with van der Waals surface area (Å²) in [6, 6.07) is 4.80. The fraction of sp³-hybridized carbons (Fsp3) is 0.600. The van der Waals surface area contributed by atoms with Crippen LogP contribution in [0.15, 0.2) is 12.1 Å². The van der Waals surface area contributed by atoms with E-state index in [4.69, 9.17) is 4.74 Å². The molecule has 2 aliphatic heterocycles. The monoisotopic (exact) mass is 340 g/mol. The van der Waals surface area contributed by atoms with Crippen molar-refractivity contribution in [3.05, 3.63) is 40.5 Å². The van der Waals surface area contributed by atoms with Crippen LogP contribution in [0.3, 0.4) is 0 Å². The molecule has 25 heavy (non-hydrogen) atoms. The third kappa shape index (κ3) is 3.43. The van der Waals surface area contributed by atoms with Crippen molar-refractivity contribution in [1.82, 2.24) is 20.1 Å². The fourth-order valence-electron chi connectivity index (χ4n) is 4.16. The average Bonchev–Trinajstić information content (AvgIpc) is 2.77. The second-order valence-corrected chi connectivity index (χ2v) is 7.42. The lowest BCUT2D eigenvalue weighted by Gasteiger charge is -2.20. The molecule has 0 saturated carbocycles. The first kappa shape index (κ1) is 16.6. The van der Waals surface area contributed by atoms with Gasteiger partial charge in [0.05, 0.1) is 13.2 Å². The van der Waals surface area contributed by atoms with E-state index in [1.165, 1.54) is 36.0 Å². The maximum Gasteiger partial charge on any atom is 0.147 e. The zero-order valence-electron chi connectivity index (χ0n) is 15.3. The Morgan fingerprint density at radius 2 is 2.08 bits per heavy atom. The van der Waals surface area contributed by atoms with E-state index in [-0.39, 0.29) is 0 Å². The van der Waals surface area contributed by atoms with Gasteiger partial charge in [-0.3, -0.25) is 0 Å². The van der Waals surface area contributed by atoms with Crippen LogP contribution in [-0.2, 0) is 19.5 Å². The maximum absolute atomic E-state index is 6.04. The number of nitrogens with zero attached hydrogens (tertiary/aromatic N) is 3. The van der Waals surface area contributed by atoms with Crippen LogP contribution in [0.2, 0.25) is 0 Å². The van der Waals surface area contributed by atoms with Gasteiger partial charge in [-0.15, -0.1) is 10.2 Å². The second kappa shape index (κ2) is 7.16. The van der Waals surface area contributed by atoms with Crippen molar-refractivity contribution in [3.63, 3.8) is 0 Å². The van der Waals surface area contributed by atoms with Crippen molar-refractivity contribution in [1.29, 1.82) is 0 Å². The third-order valence-electron chi connectivity index (χ3n) is 5.40. The highest BCUT2D eigenvalue weighted by molar-refractivity contribution is 5.46. The number of aromatic nitrogens is 3. The summed E-state index contributed by atoms with van der Waals surface area (Å²) in [4.78, 5) is 0. The molecule has 1 aromatic carbocycles. The van der Waals surface area contributed by atoms with Gasteiger partial charge in [0, 0.05) is 24.6 Å². The summed E-state index contributed by atoms with van der Waals surface area (Å²) >= 11 is 0. The van der Waals surface area contributed by atoms with Crippen molar-refractivity contribution in [2.45, 2.75) is 71.5 Å². The molecule has 0 radical (unpaired) electrons. The van der Waals surface area contributed by atoms with Gasteiger partial charge in [-0.1, -0.05) is 24.1 Å². The highest BCUT2D eigenvalue weighted by atomic mass is 16.5. The molecule has 0 saturated heterocycles. The summed E-state index contributed by atoms with van der Waals surface area (Å²) in [5.41, 5.74) is 3.83. The molecule has 2 aromatic rings. The first-order chi connectivity index (χ1) is 12.2. The van der Waals surface area contributed by atoms with Gasteiger partial charge in [0.1, 0.15) is 17.4 Å². The Labute approximate surface area is 149 Å². The SMILES string of the molecule is Cc1cc(C)c2c(c1)[C@@H](NCc1nnc3n1CCCCC3)CCCO2. The third-order valence-corrected chi connectivity index (χ3v) is 5.40. The molecule has 4 rings (SSSR count). The van der Waals surface area contributed by atoms with Gasteiger partial charge in [0.2, 0.25) is 0 Å². The number of hydrogen-bond acceptors (Lipinski definition) is 4. The lowest BCUT2D eigenvalue weighted by atomic mass is 9.97. The molecule has 3 heterocycles. The van der Waals surface area contributed by atoms with Gasteiger partial charge < -0.3 is 14.6 Å². The smallest absolute Gasteiger partial charge is 0.147 e. The van der Waals surface area contributed by atoms with E-state index in [2.05, 4.69) is 46.1 Å². The predicted octanol–water partition coefficient (Wildman–Crippen LogP) is 3.62. The number of rotatable bonds is 3. The van der Waals surface area contributed by atoms with E-state index in [1.807, 2.05) is 0 Å². The minimum atomic E-state index is 0.315. The highest BCUT2D eigenvalue weighted by Crippen LogP contribution is 2.35. The number of fused-ring (bicyclic) bond motifs is 2. The lowest BCUT2D eigenvalue weighted by molar-refractivity contribution is 0.313. The molecule has 0 fully saturated rings. The Hall–Kier alpha value is -1.88. The van der Waals surface area contributed by atoms with Crippen molar-refractivity contribution in [2.24, 2.45) is 0 Å². The van der Waals surface area contributed by atoms with Gasteiger partial charge in [-0.05, 0) is 45.1 Å². The summed E-state index contributed by atoms with van der Waals surface area (Å²) < 4.78 is 8.36. The molecular formula is C20H28N4O. The van der Waals surface area contributed by atoms with Crippen molar-refractivity contribution in [2.75, 3.05) is 6.61 Å². The zero-order chi connectivity index (χ0) is 17.2. The second-order valence-electron chi connectivity index (χ2n) is 7.42. The molecule has 0 amide bonds. The number of benzene rings is 1. The van der Waals surface area contributed by atoms with Crippen molar-refractivity contribution < 1.29 is 4.74 Å². The summed E-state index contributed by atoms with van der Waals surface area (Å²) in [5, 5.41) is 12.6. The quantitative estimate of drug-likeness (QED) is 0.927. The maximum atomic E-state index is 6.04. The Morgan fingerprint density at radius 3 is 3.00 bits per heavy atom. The number of ether oxygens (including phenoxy) is 1. The Balaban J connectivity index is 1.55. The van der Waals surface area contributed by atoms with Crippen LogP contribution in [-0.4, -0.2) is 21.4 Å².